The van der Waals surface area contributed by atoms with E-state index in [0.717, 1.165) is 47.2 Å². The first-order chi connectivity index (χ1) is 17.2. The molecule has 0 fully saturated rings. The predicted molar refractivity (Wildman–Crippen MR) is 144 cm³/mol. The van der Waals surface area contributed by atoms with Crippen LogP contribution in [-0.4, -0.2) is 40.8 Å². The predicted octanol–water partition coefficient (Wildman–Crippen LogP) is 5.35. The maximum atomic E-state index is 12.0. The molecule has 36 heavy (non-hydrogen) atoms. The normalized spacial score (nSPS) is 15.5. The second-order valence-electron chi connectivity index (χ2n) is 8.96. The molecule has 190 valence electrons. The van der Waals surface area contributed by atoms with Crippen LogP contribution in [0.15, 0.2) is 65.5 Å². The lowest BCUT2D eigenvalue weighted by Crippen LogP contribution is -2.34. The third kappa shape index (κ3) is 5.78. The number of nitrogens with one attached hydrogen (secondary N) is 1. The van der Waals surface area contributed by atoms with Crippen LogP contribution in [0.2, 0.25) is 5.02 Å². The van der Waals surface area contributed by atoms with Gasteiger partial charge in [-0.05, 0) is 67.3 Å². The van der Waals surface area contributed by atoms with E-state index in [-0.39, 0.29) is 11.1 Å². The van der Waals surface area contributed by atoms with Gasteiger partial charge in [-0.1, -0.05) is 43.5 Å². The molecule has 2 unspecified atom stereocenters. The van der Waals surface area contributed by atoms with E-state index in [0.29, 0.717) is 17.9 Å². The van der Waals surface area contributed by atoms with E-state index in [1.165, 1.54) is 11.8 Å². The zero-order valence-electron chi connectivity index (χ0n) is 20.6. The molecular weight excluding hydrogens is 496 g/mol. The van der Waals surface area contributed by atoms with Crippen LogP contribution in [0.25, 0.3) is 17.3 Å². The van der Waals surface area contributed by atoms with Gasteiger partial charge >= 0.3 is 0 Å². The molecule has 0 amide bonds. The summed E-state index contributed by atoms with van der Waals surface area (Å²) in [6.07, 6.45) is 10.8. The Morgan fingerprint density at radius 2 is 1.94 bits per heavy atom. The van der Waals surface area contributed by atoms with E-state index >= 15 is 0 Å². The third-order valence-electron chi connectivity index (χ3n) is 6.34. The molecule has 2 heterocycles. The van der Waals surface area contributed by atoms with Gasteiger partial charge in [-0.2, -0.15) is 5.10 Å². The molecule has 9 heteroatoms. The first kappa shape index (κ1) is 26.3. The molecule has 0 spiro atoms. The smallest absolute Gasteiger partial charge is 0.192 e. The van der Waals surface area contributed by atoms with Gasteiger partial charge in [-0.15, -0.1) is 0 Å². The standard InChI is InChI=1S/C27H31ClN4O3S/c1-4-6-24(19-13-14-29-26(16-19)36(3,34)35)31-27(33)22-12-7-18(5-2)15-25-23(22)17-30-32(25)21-10-8-20(28)9-11-21/h8-17,24,27,31,33H,4-7H2,1-3H3. The van der Waals surface area contributed by atoms with Crippen LogP contribution < -0.4 is 5.32 Å². The summed E-state index contributed by atoms with van der Waals surface area (Å²) < 4.78 is 25.9. The van der Waals surface area contributed by atoms with Gasteiger partial charge in [0.1, 0.15) is 6.23 Å². The van der Waals surface area contributed by atoms with E-state index in [4.69, 9.17) is 11.6 Å². The van der Waals surface area contributed by atoms with Crippen molar-refractivity contribution in [2.24, 2.45) is 0 Å². The second kappa shape index (κ2) is 11.1. The Morgan fingerprint density at radius 1 is 1.19 bits per heavy atom. The number of rotatable bonds is 9. The number of hydrogen-bond donors (Lipinski definition) is 2. The van der Waals surface area contributed by atoms with Crippen molar-refractivity contribution in [2.75, 3.05) is 6.26 Å². The van der Waals surface area contributed by atoms with E-state index < -0.39 is 16.1 Å². The zero-order chi connectivity index (χ0) is 25.9. The molecule has 1 aliphatic rings. The van der Waals surface area contributed by atoms with Crippen molar-refractivity contribution >= 4 is 33.1 Å². The summed E-state index contributed by atoms with van der Waals surface area (Å²) in [5.74, 6) is 0. The lowest BCUT2D eigenvalue weighted by atomic mass is 10.0. The van der Waals surface area contributed by atoms with Crippen LogP contribution in [0.4, 0.5) is 0 Å². The number of aliphatic hydroxyl groups is 1. The first-order valence-corrected chi connectivity index (χ1v) is 14.3. The fourth-order valence-electron chi connectivity index (χ4n) is 4.38. The number of aliphatic hydroxyl groups excluding tert-OH is 1. The minimum Gasteiger partial charge on any atom is -0.374 e. The Bertz CT molecular complexity index is 1390. The van der Waals surface area contributed by atoms with Gasteiger partial charge in [0, 0.05) is 34.7 Å². The van der Waals surface area contributed by atoms with Crippen molar-refractivity contribution in [3.63, 3.8) is 0 Å². The Morgan fingerprint density at radius 3 is 2.61 bits per heavy atom. The fraction of sp³-hybridized carbons (Fsp3) is 0.333. The molecule has 0 aliphatic heterocycles. The Kier molecular flexibility index (Phi) is 8.10. The number of allylic oxidation sites excluding steroid dienone is 2. The van der Waals surface area contributed by atoms with Crippen LogP contribution in [0.1, 0.15) is 62.4 Å². The number of fused-ring (bicyclic) bond motifs is 1. The quantitative estimate of drug-likeness (QED) is 0.364. The van der Waals surface area contributed by atoms with E-state index in [1.54, 1.807) is 18.3 Å². The second-order valence-corrected chi connectivity index (χ2v) is 11.4. The molecule has 2 atom stereocenters. The number of nitrogens with zero attached hydrogens (tertiary/aromatic N) is 3. The van der Waals surface area contributed by atoms with Crippen LogP contribution in [-0.2, 0) is 9.84 Å². The summed E-state index contributed by atoms with van der Waals surface area (Å²) in [6, 6.07) is 10.6. The van der Waals surface area contributed by atoms with Crippen LogP contribution in [0.5, 0.6) is 0 Å². The number of pyridine rings is 1. The molecule has 1 aliphatic carbocycles. The SMILES string of the molecule is CCCC(NC(O)C1=CCC(CC)=Cc2c1cnn2-c1ccc(Cl)cc1)c1ccnc(S(C)(=O)=O)c1. The molecule has 0 saturated heterocycles. The van der Waals surface area contributed by atoms with Crippen molar-refractivity contribution in [3.8, 4) is 5.69 Å². The average Bonchev–Trinajstić information content (AvgIpc) is 3.16. The van der Waals surface area contributed by atoms with Crippen molar-refractivity contribution in [1.29, 1.82) is 0 Å². The van der Waals surface area contributed by atoms with Crippen LogP contribution >= 0.6 is 11.6 Å². The van der Waals surface area contributed by atoms with Gasteiger partial charge in [-0.25, -0.2) is 18.1 Å². The summed E-state index contributed by atoms with van der Waals surface area (Å²) in [7, 11) is -3.44. The highest BCUT2D eigenvalue weighted by Crippen LogP contribution is 2.33. The molecular formula is C27H31ClN4O3S. The summed E-state index contributed by atoms with van der Waals surface area (Å²) in [4.78, 5) is 4.00. The minimum atomic E-state index is -3.44. The highest BCUT2D eigenvalue weighted by atomic mass is 35.5. The van der Waals surface area contributed by atoms with Crippen molar-refractivity contribution in [2.45, 2.75) is 56.8 Å². The minimum absolute atomic E-state index is 0.0226. The van der Waals surface area contributed by atoms with Gasteiger partial charge in [0.2, 0.25) is 0 Å². The lowest BCUT2D eigenvalue weighted by molar-refractivity contribution is 0.173. The van der Waals surface area contributed by atoms with Crippen LogP contribution in [0, 0.1) is 0 Å². The molecule has 7 nitrogen and oxygen atoms in total. The fourth-order valence-corrected chi connectivity index (χ4v) is 5.10. The van der Waals surface area contributed by atoms with E-state index in [2.05, 4.69) is 35.3 Å². The lowest BCUT2D eigenvalue weighted by Gasteiger charge is -2.24. The Labute approximate surface area is 217 Å². The average molecular weight is 527 g/mol. The molecule has 4 rings (SSSR count). The molecule has 0 radical (unpaired) electrons. The van der Waals surface area contributed by atoms with E-state index in [1.807, 2.05) is 35.0 Å². The topological polar surface area (TPSA) is 97.1 Å². The molecule has 1 aromatic carbocycles. The summed E-state index contributed by atoms with van der Waals surface area (Å²) in [5.41, 5.74) is 5.36. The van der Waals surface area contributed by atoms with E-state index in [9.17, 15) is 13.5 Å². The largest absolute Gasteiger partial charge is 0.374 e. The Hall–Kier alpha value is -2.78. The Balaban J connectivity index is 1.69. The number of hydrogen-bond acceptors (Lipinski definition) is 6. The van der Waals surface area contributed by atoms with Gasteiger partial charge in [0.05, 0.1) is 17.6 Å². The molecule has 2 aromatic heterocycles. The molecule has 2 N–H and O–H groups in total. The summed E-state index contributed by atoms with van der Waals surface area (Å²) in [6.45, 7) is 4.17. The van der Waals surface area contributed by atoms with Gasteiger partial charge in [0.25, 0.3) is 0 Å². The van der Waals surface area contributed by atoms with Gasteiger partial charge in [0.15, 0.2) is 14.9 Å². The van der Waals surface area contributed by atoms with Crippen molar-refractivity contribution < 1.29 is 13.5 Å². The van der Waals surface area contributed by atoms with Crippen LogP contribution in [0.3, 0.4) is 0 Å². The number of benzene rings is 1. The first-order valence-electron chi connectivity index (χ1n) is 12.0. The summed E-state index contributed by atoms with van der Waals surface area (Å²) in [5, 5.41) is 20.0. The third-order valence-corrected chi connectivity index (χ3v) is 7.57. The number of halogens is 1. The number of sulfone groups is 1. The maximum absolute atomic E-state index is 12.0. The highest BCUT2D eigenvalue weighted by Gasteiger charge is 2.25. The molecule has 0 saturated carbocycles. The highest BCUT2D eigenvalue weighted by molar-refractivity contribution is 7.90. The summed E-state index contributed by atoms with van der Waals surface area (Å²) >= 11 is 6.08. The zero-order valence-corrected chi connectivity index (χ0v) is 22.2. The number of aromatic nitrogens is 3. The molecule has 0 bridgehead atoms. The molecule has 3 aromatic rings. The van der Waals surface area contributed by atoms with Gasteiger partial charge < -0.3 is 5.11 Å². The van der Waals surface area contributed by atoms with Crippen molar-refractivity contribution in [1.82, 2.24) is 20.1 Å². The maximum Gasteiger partial charge on any atom is 0.192 e. The monoisotopic (exact) mass is 526 g/mol. The van der Waals surface area contributed by atoms with Crippen molar-refractivity contribution in [3.05, 3.63) is 82.3 Å². The van der Waals surface area contributed by atoms with Gasteiger partial charge in [-0.3, -0.25) is 5.32 Å².